The summed E-state index contributed by atoms with van der Waals surface area (Å²) in [5.41, 5.74) is 4.23. The lowest BCUT2D eigenvalue weighted by molar-refractivity contribution is 0.0316. The van der Waals surface area contributed by atoms with E-state index < -0.39 is 0 Å². The first-order valence-electron chi connectivity index (χ1n) is 12.8. The highest BCUT2D eigenvalue weighted by Crippen LogP contribution is 2.44. The first-order chi connectivity index (χ1) is 17.7. The highest BCUT2D eigenvalue weighted by Gasteiger charge is 2.42. The number of nitrogens with zero attached hydrogens (tertiary/aromatic N) is 3. The Hall–Kier alpha value is -3.36. The Morgan fingerprint density at radius 1 is 1.08 bits per heavy atom. The minimum atomic E-state index is -0.277. The number of aromatic amines is 1. The van der Waals surface area contributed by atoms with E-state index in [0.29, 0.717) is 24.6 Å². The van der Waals surface area contributed by atoms with Gasteiger partial charge in [0.2, 0.25) is 0 Å². The normalized spacial score (nSPS) is 17.9. The number of ether oxygens (including phenoxy) is 3. The number of fused-ring (bicyclic) bond motifs is 1. The average molecular weight is 491 g/mol. The molecule has 0 aliphatic carbocycles. The number of hydrogen-bond acceptors (Lipinski definition) is 6. The summed E-state index contributed by atoms with van der Waals surface area (Å²) >= 11 is 0. The number of aromatic nitrogens is 2. The predicted octanol–water partition coefficient (Wildman–Crippen LogP) is 4.14. The van der Waals surface area contributed by atoms with E-state index in [0.717, 1.165) is 73.8 Å². The molecule has 3 aromatic rings. The molecule has 1 fully saturated rings. The van der Waals surface area contributed by atoms with Crippen molar-refractivity contribution in [3.05, 3.63) is 65.4 Å². The number of carbonyl (C=O) groups is 1. The molecule has 1 atom stereocenters. The van der Waals surface area contributed by atoms with Gasteiger partial charge in [0.05, 0.1) is 38.7 Å². The van der Waals surface area contributed by atoms with Crippen LogP contribution in [-0.2, 0) is 4.74 Å². The van der Waals surface area contributed by atoms with Crippen LogP contribution in [-0.4, -0.2) is 79.0 Å². The zero-order chi connectivity index (χ0) is 24.9. The van der Waals surface area contributed by atoms with Crippen LogP contribution >= 0.6 is 0 Å². The van der Waals surface area contributed by atoms with E-state index in [9.17, 15) is 4.79 Å². The molecule has 1 amide bonds. The molecule has 0 saturated carbocycles. The lowest BCUT2D eigenvalue weighted by atomic mass is 9.95. The lowest BCUT2D eigenvalue weighted by Gasteiger charge is -2.31. The topological polar surface area (TPSA) is 79.9 Å². The van der Waals surface area contributed by atoms with Gasteiger partial charge in [0.25, 0.3) is 5.91 Å². The summed E-state index contributed by atoms with van der Waals surface area (Å²) in [7, 11) is 1.65. The van der Waals surface area contributed by atoms with Gasteiger partial charge in [-0.15, -0.1) is 0 Å². The van der Waals surface area contributed by atoms with E-state index in [1.807, 2.05) is 53.4 Å². The molecule has 0 spiro atoms. The quantitative estimate of drug-likeness (QED) is 0.430. The van der Waals surface area contributed by atoms with Crippen molar-refractivity contribution in [2.75, 3.05) is 53.1 Å². The Morgan fingerprint density at radius 2 is 1.89 bits per heavy atom. The van der Waals surface area contributed by atoms with Crippen molar-refractivity contribution in [2.24, 2.45) is 0 Å². The number of unbranched alkanes of at least 4 members (excludes halogenated alkanes) is 1. The smallest absolute Gasteiger partial charge is 0.273 e. The van der Waals surface area contributed by atoms with E-state index in [1.54, 1.807) is 7.11 Å². The molecule has 190 valence electrons. The molecule has 5 rings (SSSR count). The highest BCUT2D eigenvalue weighted by atomic mass is 16.5. The van der Waals surface area contributed by atoms with Crippen LogP contribution in [0.1, 0.15) is 47.4 Å². The highest BCUT2D eigenvalue weighted by molar-refractivity contribution is 6.00. The zero-order valence-corrected chi connectivity index (χ0v) is 21.0. The molecule has 8 heteroatoms. The lowest BCUT2D eigenvalue weighted by Crippen LogP contribution is -2.42. The van der Waals surface area contributed by atoms with E-state index in [-0.39, 0.29) is 11.9 Å². The maximum absolute atomic E-state index is 13.6. The second-order valence-electron chi connectivity index (χ2n) is 9.19. The largest absolute Gasteiger partial charge is 0.493 e. The zero-order valence-electron chi connectivity index (χ0n) is 21.0. The molecule has 2 aliphatic heterocycles. The standard InChI is InChI=1S/C28H34N4O4/c1-3-4-16-36-22-11-10-21(19-23(22)34-2)27-24-25(20-8-6-5-7-9-20)29-30-26(24)28(33)32(27)13-12-31-14-17-35-18-15-31/h5-11,19,27H,3-4,12-18H2,1-2H3,(H,29,30). The van der Waals surface area contributed by atoms with E-state index >= 15 is 0 Å². The Bertz CT molecular complexity index is 1170. The van der Waals surface area contributed by atoms with Crippen molar-refractivity contribution in [1.29, 1.82) is 0 Å². The fourth-order valence-electron chi connectivity index (χ4n) is 4.96. The van der Waals surface area contributed by atoms with Gasteiger partial charge in [-0.05, 0) is 24.1 Å². The van der Waals surface area contributed by atoms with Crippen LogP contribution in [0, 0.1) is 0 Å². The summed E-state index contributed by atoms with van der Waals surface area (Å²) in [6, 6.07) is 15.7. The van der Waals surface area contributed by atoms with Crippen LogP contribution in [0.15, 0.2) is 48.5 Å². The second-order valence-corrected chi connectivity index (χ2v) is 9.19. The fraction of sp³-hybridized carbons (Fsp3) is 0.429. The minimum absolute atomic E-state index is 0.0276. The van der Waals surface area contributed by atoms with Gasteiger partial charge in [-0.3, -0.25) is 14.8 Å². The molecule has 1 aromatic heterocycles. The number of nitrogens with one attached hydrogen (secondary N) is 1. The van der Waals surface area contributed by atoms with Gasteiger partial charge >= 0.3 is 0 Å². The van der Waals surface area contributed by atoms with Crippen molar-refractivity contribution in [2.45, 2.75) is 25.8 Å². The van der Waals surface area contributed by atoms with Gasteiger partial charge < -0.3 is 19.1 Å². The Kier molecular flexibility index (Phi) is 7.53. The SMILES string of the molecule is CCCCOc1ccc(C2c3c(-c4ccccc4)n[nH]c3C(=O)N2CCN2CCOCC2)cc1OC. The van der Waals surface area contributed by atoms with Crippen LogP contribution in [0.25, 0.3) is 11.3 Å². The first kappa shape index (κ1) is 24.3. The van der Waals surface area contributed by atoms with Crippen molar-refractivity contribution in [3.8, 4) is 22.8 Å². The molecule has 2 aliphatic rings. The third kappa shape index (κ3) is 4.83. The van der Waals surface area contributed by atoms with Gasteiger partial charge in [0, 0.05) is 37.3 Å². The molecule has 1 unspecified atom stereocenters. The van der Waals surface area contributed by atoms with Crippen molar-refractivity contribution in [3.63, 3.8) is 0 Å². The molecule has 0 bridgehead atoms. The van der Waals surface area contributed by atoms with Crippen LogP contribution in [0.4, 0.5) is 0 Å². The van der Waals surface area contributed by atoms with Gasteiger partial charge in [-0.25, -0.2) is 0 Å². The first-order valence-corrected chi connectivity index (χ1v) is 12.8. The van der Waals surface area contributed by atoms with Gasteiger partial charge in [0.1, 0.15) is 5.69 Å². The molecular formula is C28H34N4O4. The molecule has 1 N–H and O–H groups in total. The molecule has 1 saturated heterocycles. The Balaban J connectivity index is 1.51. The summed E-state index contributed by atoms with van der Waals surface area (Å²) < 4.78 is 17.2. The number of morpholine rings is 1. The molecule has 0 radical (unpaired) electrons. The molecule has 2 aromatic carbocycles. The number of methoxy groups -OCH3 is 1. The monoisotopic (exact) mass is 490 g/mol. The van der Waals surface area contributed by atoms with Crippen molar-refractivity contribution < 1.29 is 19.0 Å². The number of H-pyrrole nitrogens is 1. The summed E-state index contributed by atoms with van der Waals surface area (Å²) in [5.74, 6) is 1.36. The summed E-state index contributed by atoms with van der Waals surface area (Å²) in [5, 5.41) is 7.62. The van der Waals surface area contributed by atoms with Gasteiger partial charge in [0.15, 0.2) is 11.5 Å². The fourth-order valence-corrected chi connectivity index (χ4v) is 4.96. The molecular weight excluding hydrogens is 456 g/mol. The van der Waals surface area contributed by atoms with Crippen LogP contribution < -0.4 is 9.47 Å². The van der Waals surface area contributed by atoms with Gasteiger partial charge in [-0.2, -0.15) is 5.10 Å². The molecule has 8 nitrogen and oxygen atoms in total. The number of hydrogen-bond donors (Lipinski definition) is 1. The minimum Gasteiger partial charge on any atom is -0.493 e. The maximum atomic E-state index is 13.6. The maximum Gasteiger partial charge on any atom is 0.273 e. The Morgan fingerprint density at radius 3 is 2.64 bits per heavy atom. The summed E-state index contributed by atoms with van der Waals surface area (Å²) in [4.78, 5) is 18.0. The third-order valence-electron chi connectivity index (χ3n) is 6.93. The van der Waals surface area contributed by atoms with Crippen molar-refractivity contribution in [1.82, 2.24) is 20.0 Å². The van der Waals surface area contributed by atoms with E-state index in [4.69, 9.17) is 14.2 Å². The average Bonchev–Trinajstić information content (AvgIpc) is 3.47. The Labute approximate surface area is 212 Å². The number of carbonyl (C=O) groups excluding carboxylic acids is 1. The second kappa shape index (κ2) is 11.1. The number of benzene rings is 2. The summed E-state index contributed by atoms with van der Waals surface area (Å²) in [6.45, 7) is 7.41. The van der Waals surface area contributed by atoms with Gasteiger partial charge in [-0.1, -0.05) is 49.7 Å². The summed E-state index contributed by atoms with van der Waals surface area (Å²) in [6.07, 6.45) is 2.05. The van der Waals surface area contributed by atoms with E-state index in [1.165, 1.54) is 0 Å². The van der Waals surface area contributed by atoms with Crippen molar-refractivity contribution >= 4 is 5.91 Å². The third-order valence-corrected chi connectivity index (χ3v) is 6.93. The van der Waals surface area contributed by atoms with Crippen LogP contribution in [0.5, 0.6) is 11.5 Å². The number of amides is 1. The number of rotatable bonds is 10. The molecule has 3 heterocycles. The van der Waals surface area contributed by atoms with Crippen LogP contribution in [0.3, 0.4) is 0 Å². The van der Waals surface area contributed by atoms with Crippen LogP contribution in [0.2, 0.25) is 0 Å². The molecule has 36 heavy (non-hydrogen) atoms. The van der Waals surface area contributed by atoms with E-state index in [2.05, 4.69) is 22.0 Å². The predicted molar refractivity (Wildman–Crippen MR) is 138 cm³/mol.